The molecule has 3 N–H and O–H groups in total. The molecule has 2 aromatic heterocycles. The summed E-state index contributed by atoms with van der Waals surface area (Å²) in [6.07, 6.45) is 6.06. The Morgan fingerprint density at radius 1 is 1.19 bits per heavy atom. The van der Waals surface area contributed by atoms with Crippen LogP contribution in [0, 0.1) is 11.6 Å². The maximum atomic E-state index is 14.5. The fourth-order valence-corrected chi connectivity index (χ4v) is 4.71. The largest absolute Gasteiger partial charge is 0.497 e. The second-order valence-corrected chi connectivity index (χ2v) is 8.59. The first kappa shape index (κ1) is 22.0. The molecule has 0 unspecified atom stereocenters. The van der Waals surface area contributed by atoms with E-state index in [9.17, 15) is 13.6 Å². The van der Waals surface area contributed by atoms with Gasteiger partial charge < -0.3 is 20.7 Å². The highest BCUT2D eigenvalue weighted by atomic mass is 32.1. The molecule has 0 saturated carbocycles. The lowest BCUT2D eigenvalue weighted by molar-refractivity contribution is 0.102. The van der Waals surface area contributed by atoms with Gasteiger partial charge in [0.05, 0.1) is 18.9 Å². The molecule has 8 nitrogen and oxygen atoms in total. The zero-order valence-electron chi connectivity index (χ0n) is 17.8. The Morgan fingerprint density at radius 2 is 1.84 bits per heavy atom. The number of benzene rings is 1. The lowest BCUT2D eigenvalue weighted by atomic mass is 10.2. The summed E-state index contributed by atoms with van der Waals surface area (Å²) in [5.41, 5.74) is 6.08. The average Bonchev–Trinajstić information content (AvgIpc) is 3.18. The maximum absolute atomic E-state index is 14.5. The van der Waals surface area contributed by atoms with Crippen molar-refractivity contribution in [3.63, 3.8) is 0 Å². The molecule has 0 bridgehead atoms. The number of nitrogens with zero attached hydrogens (tertiary/aromatic N) is 4. The van der Waals surface area contributed by atoms with Crippen LogP contribution in [0.25, 0.3) is 10.6 Å². The number of aromatic nitrogens is 3. The maximum Gasteiger partial charge on any atom is 0.277 e. The number of hydrogen-bond acceptors (Lipinski definition) is 7. The number of nitrogen functional groups attached to an aromatic ring is 1. The smallest absolute Gasteiger partial charge is 0.277 e. The van der Waals surface area contributed by atoms with Gasteiger partial charge in [-0.25, -0.2) is 13.8 Å². The number of anilines is 3. The van der Waals surface area contributed by atoms with Crippen LogP contribution in [0.1, 0.15) is 36.2 Å². The lowest BCUT2D eigenvalue weighted by Crippen LogP contribution is -2.27. The van der Waals surface area contributed by atoms with Gasteiger partial charge in [-0.2, -0.15) is 5.10 Å². The molecule has 11 heteroatoms. The van der Waals surface area contributed by atoms with Crippen molar-refractivity contribution >= 4 is 33.8 Å². The first-order valence-electron chi connectivity index (χ1n) is 10.3. The molecule has 1 aliphatic heterocycles. The van der Waals surface area contributed by atoms with Crippen molar-refractivity contribution in [2.75, 3.05) is 36.1 Å². The van der Waals surface area contributed by atoms with E-state index in [-0.39, 0.29) is 27.0 Å². The molecule has 3 aromatic rings. The van der Waals surface area contributed by atoms with E-state index in [0.717, 1.165) is 55.2 Å². The number of nitrogens with two attached hydrogens (primary N) is 1. The second kappa shape index (κ2) is 9.11. The van der Waals surface area contributed by atoms with Crippen LogP contribution >= 0.6 is 11.3 Å². The zero-order chi connectivity index (χ0) is 22.8. The second-order valence-electron chi connectivity index (χ2n) is 7.56. The minimum Gasteiger partial charge on any atom is -0.497 e. The van der Waals surface area contributed by atoms with Crippen LogP contribution in [0.2, 0.25) is 0 Å². The number of thiazole rings is 1. The normalized spacial score (nSPS) is 14.3. The fourth-order valence-electron chi connectivity index (χ4n) is 3.83. The molecular formula is C21H24F2N6O2S. The van der Waals surface area contributed by atoms with E-state index in [1.807, 2.05) is 7.05 Å². The molecule has 1 aliphatic rings. The van der Waals surface area contributed by atoms with Gasteiger partial charge in [0.25, 0.3) is 5.91 Å². The molecule has 0 spiro atoms. The SMILES string of the molecule is COc1cc(F)c(-c2nc(C(=O)Nc3cnn(C)c3N3CCCCCC3)c(N)s2)c(F)c1. The molecule has 1 saturated heterocycles. The zero-order valence-corrected chi connectivity index (χ0v) is 18.6. The number of rotatable bonds is 5. The Labute approximate surface area is 188 Å². The van der Waals surface area contributed by atoms with E-state index in [1.54, 1.807) is 10.9 Å². The molecule has 1 aromatic carbocycles. The Hall–Kier alpha value is -3.21. The number of carbonyl (C=O) groups excluding carboxylic acids is 1. The first-order chi connectivity index (χ1) is 15.4. The number of methoxy groups -OCH3 is 1. The van der Waals surface area contributed by atoms with Crippen molar-refractivity contribution in [1.29, 1.82) is 0 Å². The Kier molecular flexibility index (Phi) is 6.26. The van der Waals surface area contributed by atoms with Gasteiger partial charge in [-0.15, -0.1) is 0 Å². The summed E-state index contributed by atoms with van der Waals surface area (Å²) in [5.74, 6) is -1.41. The van der Waals surface area contributed by atoms with Gasteiger partial charge in [0, 0.05) is 32.3 Å². The lowest BCUT2D eigenvalue weighted by Gasteiger charge is -2.23. The number of hydrogen-bond donors (Lipinski definition) is 2. The van der Waals surface area contributed by atoms with E-state index in [4.69, 9.17) is 10.5 Å². The molecule has 1 fully saturated rings. The molecule has 0 radical (unpaired) electrons. The number of ether oxygens (including phenoxy) is 1. The average molecular weight is 463 g/mol. The standard InChI is InChI=1S/C21H24F2N6O2S/c1-28-21(29-7-5-3-4-6-8-29)15(11-25-28)26-19(30)17-18(24)32-20(27-17)16-13(22)9-12(31-2)10-14(16)23/h9-11H,3-8,24H2,1-2H3,(H,26,30). The van der Waals surface area contributed by atoms with Crippen molar-refractivity contribution in [2.24, 2.45) is 7.05 Å². The van der Waals surface area contributed by atoms with E-state index in [2.05, 4.69) is 20.3 Å². The van der Waals surface area contributed by atoms with Gasteiger partial charge in [0.1, 0.15) is 33.1 Å². The fraction of sp³-hybridized carbons (Fsp3) is 0.381. The highest BCUT2D eigenvalue weighted by Crippen LogP contribution is 2.36. The third kappa shape index (κ3) is 4.24. The summed E-state index contributed by atoms with van der Waals surface area (Å²) in [6.45, 7) is 1.75. The van der Waals surface area contributed by atoms with Crippen LogP contribution in [0.4, 0.5) is 25.3 Å². The van der Waals surface area contributed by atoms with Crippen LogP contribution in [0.3, 0.4) is 0 Å². The van der Waals surface area contributed by atoms with Crippen LogP contribution in [0.15, 0.2) is 18.3 Å². The molecule has 0 aliphatic carbocycles. The van der Waals surface area contributed by atoms with Crippen molar-refractivity contribution in [1.82, 2.24) is 14.8 Å². The van der Waals surface area contributed by atoms with Crippen molar-refractivity contribution in [2.45, 2.75) is 25.7 Å². The summed E-state index contributed by atoms with van der Waals surface area (Å²) < 4.78 is 35.5. The summed E-state index contributed by atoms with van der Waals surface area (Å²) in [7, 11) is 3.14. The van der Waals surface area contributed by atoms with Crippen LogP contribution in [0.5, 0.6) is 5.75 Å². The van der Waals surface area contributed by atoms with Crippen LogP contribution in [-0.2, 0) is 7.05 Å². The van der Waals surface area contributed by atoms with Gasteiger partial charge >= 0.3 is 0 Å². The quantitative estimate of drug-likeness (QED) is 0.594. The van der Waals surface area contributed by atoms with E-state index in [1.165, 1.54) is 20.0 Å². The number of carbonyl (C=O) groups is 1. The van der Waals surface area contributed by atoms with E-state index < -0.39 is 17.5 Å². The monoisotopic (exact) mass is 462 g/mol. The Morgan fingerprint density at radius 3 is 2.47 bits per heavy atom. The van der Waals surface area contributed by atoms with Crippen molar-refractivity contribution in [3.8, 4) is 16.3 Å². The van der Waals surface area contributed by atoms with E-state index >= 15 is 0 Å². The molecular weight excluding hydrogens is 438 g/mol. The summed E-state index contributed by atoms with van der Waals surface area (Å²) in [4.78, 5) is 19.3. The van der Waals surface area contributed by atoms with Crippen molar-refractivity contribution < 1.29 is 18.3 Å². The summed E-state index contributed by atoms with van der Waals surface area (Å²) >= 11 is 0.842. The minimum absolute atomic E-state index is 0.0239. The summed E-state index contributed by atoms with van der Waals surface area (Å²) in [5, 5.41) is 7.13. The van der Waals surface area contributed by atoms with Crippen LogP contribution in [-0.4, -0.2) is 40.9 Å². The third-order valence-electron chi connectivity index (χ3n) is 5.39. The predicted molar refractivity (Wildman–Crippen MR) is 120 cm³/mol. The molecule has 4 rings (SSSR count). The first-order valence-corrected chi connectivity index (χ1v) is 11.1. The van der Waals surface area contributed by atoms with Gasteiger partial charge in [-0.1, -0.05) is 24.2 Å². The van der Waals surface area contributed by atoms with E-state index in [0.29, 0.717) is 5.69 Å². The Bertz CT molecular complexity index is 1110. The highest BCUT2D eigenvalue weighted by Gasteiger charge is 2.25. The van der Waals surface area contributed by atoms with Gasteiger partial charge in [-0.05, 0) is 12.8 Å². The predicted octanol–water partition coefficient (Wildman–Crippen LogP) is 4.05. The number of nitrogens with one attached hydrogen (secondary N) is 1. The summed E-state index contributed by atoms with van der Waals surface area (Å²) in [6, 6.07) is 2.11. The minimum atomic E-state index is -0.849. The molecule has 170 valence electrons. The highest BCUT2D eigenvalue weighted by molar-refractivity contribution is 7.19. The molecule has 1 amide bonds. The molecule has 3 heterocycles. The number of amides is 1. The third-order valence-corrected chi connectivity index (χ3v) is 6.30. The Balaban J connectivity index is 1.61. The topological polar surface area (TPSA) is 98.3 Å². The van der Waals surface area contributed by atoms with Crippen molar-refractivity contribution in [3.05, 3.63) is 35.7 Å². The van der Waals surface area contributed by atoms with Gasteiger partial charge in [0.2, 0.25) is 0 Å². The van der Waals surface area contributed by atoms with Gasteiger partial charge in [-0.3, -0.25) is 9.48 Å². The van der Waals surface area contributed by atoms with Crippen LogP contribution < -0.4 is 20.7 Å². The number of aryl methyl sites for hydroxylation is 1. The van der Waals surface area contributed by atoms with Gasteiger partial charge in [0.15, 0.2) is 11.5 Å². The molecule has 0 atom stereocenters. The number of halogens is 2. The molecule has 32 heavy (non-hydrogen) atoms.